The van der Waals surface area contributed by atoms with Gasteiger partial charge in [0.05, 0.1) is 0 Å². The van der Waals surface area contributed by atoms with Crippen LogP contribution in [0.2, 0.25) is 0 Å². The molecule has 0 aromatic rings. The molecule has 0 amide bonds. The minimum atomic E-state index is -1.36. The number of carboxylic acids is 1. The van der Waals surface area contributed by atoms with Crippen molar-refractivity contribution in [3.63, 3.8) is 0 Å². The largest absolute Gasteiger partial charge is 0.478 e. The summed E-state index contributed by atoms with van der Waals surface area (Å²) in [5, 5.41) is 9.04. The fourth-order valence-electron chi connectivity index (χ4n) is 1.76. The molecule has 0 bridgehead atoms. The zero-order chi connectivity index (χ0) is 13.3. The molecule has 0 aromatic carbocycles. The van der Waals surface area contributed by atoms with Crippen molar-refractivity contribution >= 4 is 11.9 Å². The Morgan fingerprint density at radius 3 is 2.12 bits per heavy atom. The molecule has 1 unspecified atom stereocenters. The van der Waals surface area contributed by atoms with Gasteiger partial charge in [0.2, 0.25) is 5.60 Å². The maximum Gasteiger partial charge on any atom is 0.347 e. The van der Waals surface area contributed by atoms with E-state index < -0.39 is 17.5 Å². The van der Waals surface area contributed by atoms with E-state index in [1.54, 1.807) is 0 Å². The molecule has 0 aromatic heterocycles. The summed E-state index contributed by atoms with van der Waals surface area (Å²) in [6.45, 7) is 4.85. The summed E-state index contributed by atoms with van der Waals surface area (Å²) in [7, 11) is 0. The van der Waals surface area contributed by atoms with Crippen molar-refractivity contribution in [2.24, 2.45) is 0 Å². The Hall–Kier alpha value is -1.06. The van der Waals surface area contributed by atoms with Gasteiger partial charge in [0.15, 0.2) is 0 Å². The minimum absolute atomic E-state index is 0.383. The summed E-state index contributed by atoms with van der Waals surface area (Å²) in [6.07, 6.45) is 6.87. The highest BCUT2D eigenvalue weighted by molar-refractivity contribution is 5.80. The molecule has 0 radical (unpaired) electrons. The summed E-state index contributed by atoms with van der Waals surface area (Å²) in [5.41, 5.74) is -1.36. The second-order valence-electron chi connectivity index (χ2n) is 4.65. The van der Waals surface area contributed by atoms with Gasteiger partial charge in [0.1, 0.15) is 0 Å². The molecule has 0 saturated heterocycles. The molecule has 0 fully saturated rings. The monoisotopic (exact) mass is 244 g/mol. The van der Waals surface area contributed by atoms with E-state index in [2.05, 4.69) is 6.92 Å². The predicted octanol–water partition coefficient (Wildman–Crippen LogP) is 3.14. The van der Waals surface area contributed by atoms with Gasteiger partial charge < -0.3 is 9.84 Å². The predicted molar refractivity (Wildman–Crippen MR) is 65.8 cm³/mol. The van der Waals surface area contributed by atoms with Crippen LogP contribution in [0.1, 0.15) is 65.7 Å². The number of unbranched alkanes of at least 4 members (excludes halogenated alkanes) is 5. The third-order valence-electron chi connectivity index (χ3n) is 2.83. The van der Waals surface area contributed by atoms with Crippen LogP contribution in [0, 0.1) is 0 Å². The van der Waals surface area contributed by atoms with Crippen LogP contribution < -0.4 is 0 Å². The van der Waals surface area contributed by atoms with E-state index >= 15 is 0 Å². The average molecular weight is 244 g/mol. The molecule has 100 valence electrons. The standard InChI is InChI=1S/C13H24O4/c1-4-5-6-7-8-9-10-13(3,12(15)16)17-11(2)14/h4-10H2,1-3H3,(H,15,16). The van der Waals surface area contributed by atoms with Gasteiger partial charge >= 0.3 is 11.9 Å². The fourth-order valence-corrected chi connectivity index (χ4v) is 1.76. The van der Waals surface area contributed by atoms with Crippen LogP contribution in [0.4, 0.5) is 0 Å². The lowest BCUT2D eigenvalue weighted by Gasteiger charge is -2.24. The Morgan fingerprint density at radius 1 is 1.12 bits per heavy atom. The highest BCUT2D eigenvalue weighted by Gasteiger charge is 2.35. The molecule has 0 aliphatic heterocycles. The number of ether oxygens (including phenoxy) is 1. The van der Waals surface area contributed by atoms with Crippen LogP contribution in [-0.4, -0.2) is 22.6 Å². The topological polar surface area (TPSA) is 63.6 Å². The van der Waals surface area contributed by atoms with E-state index in [9.17, 15) is 9.59 Å². The fraction of sp³-hybridized carbons (Fsp3) is 0.846. The molecule has 0 aliphatic carbocycles. The van der Waals surface area contributed by atoms with Crippen molar-refractivity contribution in [2.45, 2.75) is 71.3 Å². The number of aliphatic carboxylic acids is 1. The van der Waals surface area contributed by atoms with Crippen molar-refractivity contribution in [2.75, 3.05) is 0 Å². The number of rotatable bonds is 9. The zero-order valence-corrected chi connectivity index (χ0v) is 11.1. The number of carbonyl (C=O) groups is 2. The van der Waals surface area contributed by atoms with Gasteiger partial charge in [-0.05, 0) is 19.8 Å². The summed E-state index contributed by atoms with van der Waals surface area (Å²) < 4.78 is 4.89. The molecule has 17 heavy (non-hydrogen) atoms. The van der Waals surface area contributed by atoms with Crippen LogP contribution in [0.3, 0.4) is 0 Å². The first-order valence-corrected chi connectivity index (χ1v) is 6.35. The summed E-state index contributed by atoms with van der Waals surface area (Å²) in [5.74, 6) is -1.61. The SMILES string of the molecule is CCCCCCCCC(C)(OC(C)=O)C(=O)O. The highest BCUT2D eigenvalue weighted by atomic mass is 16.6. The lowest BCUT2D eigenvalue weighted by atomic mass is 9.97. The molecule has 4 heteroatoms. The molecular weight excluding hydrogens is 220 g/mol. The lowest BCUT2D eigenvalue weighted by molar-refractivity contribution is -0.176. The molecule has 1 atom stereocenters. The van der Waals surface area contributed by atoms with Gasteiger partial charge in [-0.25, -0.2) is 4.79 Å². The molecule has 4 nitrogen and oxygen atoms in total. The quantitative estimate of drug-likeness (QED) is 0.500. The first-order chi connectivity index (χ1) is 7.92. The third-order valence-corrected chi connectivity index (χ3v) is 2.83. The van der Waals surface area contributed by atoms with Crippen molar-refractivity contribution < 1.29 is 19.4 Å². The summed E-state index contributed by atoms with van der Waals surface area (Å²) in [4.78, 5) is 21.9. The average Bonchev–Trinajstić information content (AvgIpc) is 2.22. The molecule has 0 rings (SSSR count). The molecule has 0 heterocycles. The van der Waals surface area contributed by atoms with Crippen LogP contribution in [-0.2, 0) is 14.3 Å². The van der Waals surface area contributed by atoms with Gasteiger partial charge in [-0.1, -0.05) is 39.0 Å². The molecule has 0 spiro atoms. The van der Waals surface area contributed by atoms with Gasteiger partial charge in [0.25, 0.3) is 0 Å². The van der Waals surface area contributed by atoms with E-state index in [1.165, 1.54) is 33.1 Å². The maximum absolute atomic E-state index is 11.0. The third kappa shape index (κ3) is 6.97. The van der Waals surface area contributed by atoms with E-state index in [1.807, 2.05) is 0 Å². The molecule has 1 N–H and O–H groups in total. The lowest BCUT2D eigenvalue weighted by Crippen LogP contribution is -2.39. The van der Waals surface area contributed by atoms with E-state index in [-0.39, 0.29) is 0 Å². The molecule has 0 saturated carbocycles. The van der Waals surface area contributed by atoms with Crippen molar-refractivity contribution in [1.29, 1.82) is 0 Å². The zero-order valence-electron chi connectivity index (χ0n) is 11.1. The van der Waals surface area contributed by atoms with Gasteiger partial charge in [-0.2, -0.15) is 0 Å². The van der Waals surface area contributed by atoms with Crippen molar-refractivity contribution in [3.05, 3.63) is 0 Å². The number of esters is 1. The Labute approximate surface area is 103 Å². The number of carbonyl (C=O) groups excluding carboxylic acids is 1. The number of hydrogen-bond donors (Lipinski definition) is 1. The van der Waals surface area contributed by atoms with Gasteiger partial charge in [0, 0.05) is 6.92 Å². The molecule has 0 aliphatic rings. The Morgan fingerprint density at radius 2 is 1.65 bits per heavy atom. The maximum atomic E-state index is 11.0. The number of hydrogen-bond acceptors (Lipinski definition) is 3. The number of carboxylic acid groups (broad SMARTS) is 1. The summed E-state index contributed by atoms with van der Waals surface area (Å²) in [6, 6.07) is 0. The second kappa shape index (κ2) is 8.09. The van der Waals surface area contributed by atoms with Crippen molar-refractivity contribution in [1.82, 2.24) is 0 Å². The van der Waals surface area contributed by atoms with Crippen LogP contribution in [0.5, 0.6) is 0 Å². The van der Waals surface area contributed by atoms with Crippen molar-refractivity contribution in [3.8, 4) is 0 Å². The second-order valence-corrected chi connectivity index (χ2v) is 4.65. The van der Waals surface area contributed by atoms with E-state index in [0.717, 1.165) is 19.3 Å². The van der Waals surface area contributed by atoms with Crippen LogP contribution in [0.25, 0.3) is 0 Å². The van der Waals surface area contributed by atoms with E-state index in [4.69, 9.17) is 9.84 Å². The van der Waals surface area contributed by atoms with E-state index in [0.29, 0.717) is 6.42 Å². The Balaban J connectivity index is 3.93. The Kier molecular flexibility index (Phi) is 7.59. The first-order valence-electron chi connectivity index (χ1n) is 6.35. The molecular formula is C13H24O4. The highest BCUT2D eigenvalue weighted by Crippen LogP contribution is 2.20. The van der Waals surface area contributed by atoms with Gasteiger partial charge in [-0.3, -0.25) is 4.79 Å². The smallest absolute Gasteiger partial charge is 0.347 e. The first kappa shape index (κ1) is 15.9. The van der Waals surface area contributed by atoms with Crippen LogP contribution in [0.15, 0.2) is 0 Å². The van der Waals surface area contributed by atoms with Gasteiger partial charge in [-0.15, -0.1) is 0 Å². The Bertz CT molecular complexity index is 250. The summed E-state index contributed by atoms with van der Waals surface area (Å²) >= 11 is 0. The van der Waals surface area contributed by atoms with Crippen LogP contribution >= 0.6 is 0 Å². The normalized spacial score (nSPS) is 14.1. The minimum Gasteiger partial charge on any atom is -0.478 e.